The Hall–Kier alpha value is -0.860. The molecule has 3 heteroatoms. The van der Waals surface area contributed by atoms with E-state index in [-0.39, 0.29) is 0 Å². The predicted molar refractivity (Wildman–Crippen MR) is 39.7 cm³/mol. The summed E-state index contributed by atoms with van der Waals surface area (Å²) in [5, 5.41) is 4.08. The summed E-state index contributed by atoms with van der Waals surface area (Å²) in [6, 6.07) is 0. The Morgan fingerprint density at radius 1 is 1.50 bits per heavy atom. The SMILES string of the molecule is CCCn1ncnc1CC. The molecule has 0 aliphatic rings. The molecule has 0 radical (unpaired) electrons. The third kappa shape index (κ3) is 1.35. The molecule has 10 heavy (non-hydrogen) atoms. The van der Waals surface area contributed by atoms with Gasteiger partial charge in [-0.25, -0.2) is 4.98 Å². The summed E-state index contributed by atoms with van der Waals surface area (Å²) in [6.45, 7) is 5.22. The third-order valence-electron chi connectivity index (χ3n) is 1.45. The minimum atomic E-state index is 0.972. The molecule has 0 aromatic carbocycles. The van der Waals surface area contributed by atoms with Crippen molar-refractivity contribution in [2.45, 2.75) is 33.2 Å². The Labute approximate surface area is 61.1 Å². The molecule has 1 aromatic rings. The zero-order chi connectivity index (χ0) is 7.40. The average Bonchev–Trinajstić information content (AvgIpc) is 2.36. The molecule has 0 spiro atoms. The van der Waals surface area contributed by atoms with Crippen molar-refractivity contribution in [3.63, 3.8) is 0 Å². The highest BCUT2D eigenvalue weighted by atomic mass is 15.3. The Kier molecular flexibility index (Phi) is 2.42. The molecule has 0 amide bonds. The van der Waals surface area contributed by atoms with E-state index < -0.39 is 0 Å². The maximum Gasteiger partial charge on any atom is 0.138 e. The second-order valence-electron chi connectivity index (χ2n) is 2.25. The normalized spacial score (nSPS) is 10.2. The van der Waals surface area contributed by atoms with Gasteiger partial charge in [0.25, 0.3) is 0 Å². The van der Waals surface area contributed by atoms with Crippen LogP contribution in [0.1, 0.15) is 26.1 Å². The van der Waals surface area contributed by atoms with E-state index in [2.05, 4.69) is 23.9 Å². The molecule has 0 saturated carbocycles. The van der Waals surface area contributed by atoms with Crippen molar-refractivity contribution in [3.8, 4) is 0 Å². The molecule has 0 aliphatic heterocycles. The number of nitrogens with zero attached hydrogens (tertiary/aromatic N) is 3. The van der Waals surface area contributed by atoms with Crippen LogP contribution in [0, 0.1) is 0 Å². The summed E-state index contributed by atoms with van der Waals surface area (Å²) >= 11 is 0. The molecule has 0 aliphatic carbocycles. The highest BCUT2D eigenvalue weighted by Crippen LogP contribution is 1.95. The number of hydrogen-bond donors (Lipinski definition) is 0. The summed E-state index contributed by atoms with van der Waals surface area (Å²) in [7, 11) is 0. The first-order chi connectivity index (χ1) is 4.88. The zero-order valence-corrected chi connectivity index (χ0v) is 6.54. The molecular formula is C7H13N3. The minimum Gasteiger partial charge on any atom is -0.250 e. The van der Waals surface area contributed by atoms with E-state index in [1.165, 1.54) is 0 Å². The second kappa shape index (κ2) is 3.34. The van der Waals surface area contributed by atoms with Crippen molar-refractivity contribution in [1.82, 2.24) is 14.8 Å². The molecule has 1 aromatic heterocycles. The topological polar surface area (TPSA) is 30.7 Å². The Morgan fingerprint density at radius 3 is 2.90 bits per heavy atom. The van der Waals surface area contributed by atoms with Crippen LogP contribution in [-0.4, -0.2) is 14.8 Å². The van der Waals surface area contributed by atoms with Gasteiger partial charge in [0.15, 0.2) is 0 Å². The minimum absolute atomic E-state index is 0.972. The molecule has 0 atom stereocenters. The molecule has 0 bridgehead atoms. The predicted octanol–water partition coefficient (Wildman–Crippen LogP) is 1.25. The lowest BCUT2D eigenvalue weighted by molar-refractivity contribution is 0.573. The Bertz CT molecular complexity index is 192. The monoisotopic (exact) mass is 139 g/mol. The van der Waals surface area contributed by atoms with Gasteiger partial charge in [0, 0.05) is 13.0 Å². The fourth-order valence-electron chi connectivity index (χ4n) is 0.960. The largest absolute Gasteiger partial charge is 0.250 e. The van der Waals surface area contributed by atoms with E-state index >= 15 is 0 Å². The molecule has 0 N–H and O–H groups in total. The number of aryl methyl sites for hydroxylation is 2. The van der Waals surface area contributed by atoms with Crippen LogP contribution in [0.15, 0.2) is 6.33 Å². The van der Waals surface area contributed by atoms with Gasteiger partial charge in [-0.3, -0.25) is 4.68 Å². The zero-order valence-electron chi connectivity index (χ0n) is 6.54. The van der Waals surface area contributed by atoms with Gasteiger partial charge in [0.05, 0.1) is 0 Å². The summed E-state index contributed by atoms with van der Waals surface area (Å²) in [6.07, 6.45) is 3.71. The Morgan fingerprint density at radius 2 is 2.30 bits per heavy atom. The first-order valence-corrected chi connectivity index (χ1v) is 3.75. The van der Waals surface area contributed by atoms with Crippen LogP contribution in [0.4, 0.5) is 0 Å². The summed E-state index contributed by atoms with van der Waals surface area (Å²) in [4.78, 5) is 4.11. The lowest BCUT2D eigenvalue weighted by atomic mass is 10.4. The van der Waals surface area contributed by atoms with Crippen molar-refractivity contribution in [2.24, 2.45) is 0 Å². The van der Waals surface area contributed by atoms with Gasteiger partial charge in [0.2, 0.25) is 0 Å². The second-order valence-corrected chi connectivity index (χ2v) is 2.25. The van der Waals surface area contributed by atoms with E-state index in [0.717, 1.165) is 25.2 Å². The highest BCUT2D eigenvalue weighted by molar-refractivity contribution is 4.82. The average molecular weight is 139 g/mol. The number of rotatable bonds is 3. The molecule has 0 saturated heterocycles. The summed E-state index contributed by atoms with van der Waals surface area (Å²) < 4.78 is 1.96. The lowest BCUT2D eigenvalue weighted by Gasteiger charge is -1.99. The van der Waals surface area contributed by atoms with Crippen molar-refractivity contribution in [2.75, 3.05) is 0 Å². The molecular weight excluding hydrogens is 126 g/mol. The van der Waals surface area contributed by atoms with Crippen LogP contribution in [0.25, 0.3) is 0 Å². The molecule has 56 valence electrons. The van der Waals surface area contributed by atoms with Crippen molar-refractivity contribution >= 4 is 0 Å². The van der Waals surface area contributed by atoms with Crippen molar-refractivity contribution < 1.29 is 0 Å². The van der Waals surface area contributed by atoms with E-state index in [1.54, 1.807) is 6.33 Å². The molecule has 3 nitrogen and oxygen atoms in total. The maximum absolute atomic E-state index is 4.11. The van der Waals surface area contributed by atoms with Gasteiger partial charge in [-0.15, -0.1) is 0 Å². The Balaban J connectivity index is 2.70. The van der Waals surface area contributed by atoms with Gasteiger partial charge in [0.1, 0.15) is 12.2 Å². The van der Waals surface area contributed by atoms with E-state index in [9.17, 15) is 0 Å². The fourth-order valence-corrected chi connectivity index (χ4v) is 0.960. The van der Waals surface area contributed by atoms with Crippen LogP contribution in [-0.2, 0) is 13.0 Å². The van der Waals surface area contributed by atoms with Crippen molar-refractivity contribution in [1.29, 1.82) is 0 Å². The summed E-state index contributed by atoms with van der Waals surface area (Å²) in [5.74, 6) is 1.09. The quantitative estimate of drug-likeness (QED) is 0.631. The third-order valence-corrected chi connectivity index (χ3v) is 1.45. The highest BCUT2D eigenvalue weighted by Gasteiger charge is 1.97. The summed E-state index contributed by atoms with van der Waals surface area (Å²) in [5.41, 5.74) is 0. The van der Waals surface area contributed by atoms with Gasteiger partial charge in [-0.1, -0.05) is 13.8 Å². The van der Waals surface area contributed by atoms with Crippen molar-refractivity contribution in [3.05, 3.63) is 12.2 Å². The van der Waals surface area contributed by atoms with Crippen LogP contribution < -0.4 is 0 Å². The number of hydrogen-bond acceptors (Lipinski definition) is 2. The molecule has 0 fully saturated rings. The van der Waals surface area contributed by atoms with Gasteiger partial charge in [-0.05, 0) is 6.42 Å². The van der Waals surface area contributed by atoms with Crippen LogP contribution >= 0.6 is 0 Å². The van der Waals surface area contributed by atoms with E-state index in [4.69, 9.17) is 0 Å². The molecule has 0 unspecified atom stereocenters. The van der Waals surface area contributed by atoms with Crippen LogP contribution in [0.5, 0.6) is 0 Å². The lowest BCUT2D eigenvalue weighted by Crippen LogP contribution is -2.03. The van der Waals surface area contributed by atoms with E-state index in [0.29, 0.717) is 0 Å². The number of aromatic nitrogens is 3. The fraction of sp³-hybridized carbons (Fsp3) is 0.714. The standard InChI is InChI=1S/C7H13N3/c1-3-5-10-7(4-2)8-6-9-10/h6H,3-5H2,1-2H3. The van der Waals surface area contributed by atoms with Gasteiger partial charge < -0.3 is 0 Å². The first-order valence-electron chi connectivity index (χ1n) is 3.75. The van der Waals surface area contributed by atoms with Gasteiger partial charge >= 0.3 is 0 Å². The van der Waals surface area contributed by atoms with Crippen LogP contribution in [0.2, 0.25) is 0 Å². The van der Waals surface area contributed by atoms with E-state index in [1.807, 2.05) is 4.68 Å². The molecule has 1 heterocycles. The molecule has 1 rings (SSSR count). The van der Waals surface area contributed by atoms with Gasteiger partial charge in [-0.2, -0.15) is 5.10 Å². The maximum atomic E-state index is 4.11. The smallest absolute Gasteiger partial charge is 0.138 e. The van der Waals surface area contributed by atoms with Crippen LogP contribution in [0.3, 0.4) is 0 Å². The first kappa shape index (κ1) is 7.25.